The van der Waals surface area contributed by atoms with Crippen LogP contribution in [0, 0.1) is 0 Å². The number of aromatic nitrogens is 3. The molecule has 1 amide bonds. The Morgan fingerprint density at radius 1 is 1.47 bits per heavy atom. The zero-order valence-electron chi connectivity index (χ0n) is 10.6. The Labute approximate surface area is 110 Å². The monoisotopic (exact) mass is 257 g/mol. The van der Waals surface area contributed by atoms with Gasteiger partial charge in [-0.15, -0.1) is 10.2 Å². The number of carbonyl (C=O) groups excluding carboxylic acids is 1. The number of nitrogens with zero attached hydrogens (tertiary/aromatic N) is 3. The number of benzene rings is 1. The predicted octanol–water partition coefficient (Wildman–Crippen LogP) is 0.912. The quantitative estimate of drug-likeness (QED) is 0.855. The summed E-state index contributed by atoms with van der Waals surface area (Å²) < 4.78 is 1.83. The van der Waals surface area contributed by atoms with Gasteiger partial charge in [-0.25, -0.2) is 0 Å². The van der Waals surface area contributed by atoms with Crippen LogP contribution in [0.15, 0.2) is 30.6 Å². The maximum atomic E-state index is 11.9. The minimum Gasteiger partial charge on any atom is -0.324 e. The topological polar surface area (TPSA) is 85.8 Å². The first kappa shape index (κ1) is 11.9. The summed E-state index contributed by atoms with van der Waals surface area (Å²) in [6, 6.07) is 7.50. The summed E-state index contributed by atoms with van der Waals surface area (Å²) in [6.07, 6.45) is 3.14. The summed E-state index contributed by atoms with van der Waals surface area (Å²) in [4.78, 5) is 11.9. The van der Waals surface area contributed by atoms with Gasteiger partial charge in [0.15, 0.2) is 5.82 Å². The Balaban J connectivity index is 1.84. The van der Waals surface area contributed by atoms with Crippen molar-refractivity contribution in [3.05, 3.63) is 30.6 Å². The van der Waals surface area contributed by atoms with Crippen molar-refractivity contribution in [1.29, 1.82) is 0 Å². The van der Waals surface area contributed by atoms with Gasteiger partial charge in [0.25, 0.3) is 0 Å². The molecule has 0 aliphatic heterocycles. The van der Waals surface area contributed by atoms with Crippen LogP contribution >= 0.6 is 0 Å². The fourth-order valence-corrected chi connectivity index (χ4v) is 1.90. The van der Waals surface area contributed by atoms with E-state index in [1.807, 2.05) is 35.9 Å². The van der Waals surface area contributed by atoms with Crippen LogP contribution in [-0.4, -0.2) is 26.2 Å². The van der Waals surface area contributed by atoms with Crippen molar-refractivity contribution in [2.24, 2.45) is 12.8 Å². The van der Waals surface area contributed by atoms with E-state index in [4.69, 9.17) is 5.73 Å². The maximum Gasteiger partial charge on any atom is 0.244 e. The van der Waals surface area contributed by atoms with Crippen LogP contribution in [0.2, 0.25) is 0 Å². The first-order valence-corrected chi connectivity index (χ1v) is 6.13. The molecule has 1 heterocycles. The summed E-state index contributed by atoms with van der Waals surface area (Å²) in [7, 11) is 1.87. The van der Waals surface area contributed by atoms with Crippen molar-refractivity contribution in [1.82, 2.24) is 14.8 Å². The smallest absolute Gasteiger partial charge is 0.244 e. The third-order valence-electron chi connectivity index (χ3n) is 3.33. The molecular weight excluding hydrogens is 242 g/mol. The largest absolute Gasteiger partial charge is 0.324 e. The normalized spacial score (nSPS) is 16.1. The number of amides is 1. The van der Waals surface area contributed by atoms with Crippen molar-refractivity contribution in [2.45, 2.75) is 18.4 Å². The molecular formula is C13H15N5O. The van der Waals surface area contributed by atoms with Crippen LogP contribution in [0.1, 0.15) is 12.8 Å². The molecule has 1 aliphatic carbocycles. The van der Waals surface area contributed by atoms with Gasteiger partial charge >= 0.3 is 0 Å². The first-order valence-electron chi connectivity index (χ1n) is 6.13. The van der Waals surface area contributed by atoms with Gasteiger partial charge in [-0.1, -0.05) is 12.1 Å². The molecule has 0 bridgehead atoms. The molecule has 0 radical (unpaired) electrons. The number of rotatable bonds is 3. The van der Waals surface area contributed by atoms with Crippen LogP contribution in [0.3, 0.4) is 0 Å². The lowest BCUT2D eigenvalue weighted by molar-refractivity contribution is -0.118. The number of hydrogen-bond acceptors (Lipinski definition) is 4. The molecule has 2 aromatic rings. The number of anilines is 1. The van der Waals surface area contributed by atoms with Gasteiger partial charge in [0, 0.05) is 18.3 Å². The molecule has 1 fully saturated rings. The number of nitrogens with two attached hydrogens (primary N) is 1. The molecule has 3 N–H and O–H groups in total. The Kier molecular flexibility index (Phi) is 2.60. The first-order chi connectivity index (χ1) is 9.08. The third-order valence-corrected chi connectivity index (χ3v) is 3.33. The van der Waals surface area contributed by atoms with Crippen molar-refractivity contribution >= 4 is 11.6 Å². The summed E-state index contributed by atoms with van der Waals surface area (Å²) in [5.74, 6) is 0.632. The van der Waals surface area contributed by atoms with Crippen molar-refractivity contribution in [2.75, 3.05) is 5.32 Å². The minimum atomic E-state index is -0.666. The maximum absolute atomic E-state index is 11.9. The Morgan fingerprint density at radius 3 is 2.89 bits per heavy atom. The highest BCUT2D eigenvalue weighted by Gasteiger charge is 2.45. The molecule has 0 unspecified atom stereocenters. The third kappa shape index (κ3) is 2.22. The number of aryl methyl sites for hydroxylation is 1. The summed E-state index contributed by atoms with van der Waals surface area (Å²) in [6.45, 7) is 0. The van der Waals surface area contributed by atoms with Gasteiger partial charge in [-0.05, 0) is 25.0 Å². The molecule has 1 aliphatic rings. The summed E-state index contributed by atoms with van der Waals surface area (Å²) in [5, 5.41) is 10.7. The van der Waals surface area contributed by atoms with E-state index < -0.39 is 5.54 Å². The van der Waals surface area contributed by atoms with Crippen molar-refractivity contribution in [3.8, 4) is 11.4 Å². The van der Waals surface area contributed by atoms with E-state index in [2.05, 4.69) is 15.5 Å². The Morgan fingerprint density at radius 2 is 2.26 bits per heavy atom. The molecule has 98 valence electrons. The molecule has 3 rings (SSSR count). The molecule has 6 nitrogen and oxygen atoms in total. The lowest BCUT2D eigenvalue weighted by Gasteiger charge is -2.11. The summed E-state index contributed by atoms with van der Waals surface area (Å²) >= 11 is 0. The minimum absolute atomic E-state index is 0.123. The number of carbonyl (C=O) groups is 1. The van der Waals surface area contributed by atoms with E-state index in [-0.39, 0.29) is 5.91 Å². The zero-order valence-corrected chi connectivity index (χ0v) is 10.6. The summed E-state index contributed by atoms with van der Waals surface area (Å²) in [5.41, 5.74) is 6.82. The fourth-order valence-electron chi connectivity index (χ4n) is 1.90. The highest BCUT2D eigenvalue weighted by atomic mass is 16.2. The van der Waals surface area contributed by atoms with E-state index >= 15 is 0 Å². The predicted molar refractivity (Wildman–Crippen MR) is 71.2 cm³/mol. The molecule has 1 aromatic heterocycles. The molecule has 1 aromatic carbocycles. The van der Waals surface area contributed by atoms with E-state index in [0.29, 0.717) is 0 Å². The highest BCUT2D eigenvalue weighted by molar-refractivity contribution is 6.00. The van der Waals surface area contributed by atoms with Crippen LogP contribution in [-0.2, 0) is 11.8 Å². The lowest BCUT2D eigenvalue weighted by Crippen LogP contribution is -2.37. The second-order valence-electron chi connectivity index (χ2n) is 4.96. The van der Waals surface area contributed by atoms with Gasteiger partial charge in [0.05, 0.1) is 5.54 Å². The molecule has 6 heteroatoms. The Bertz CT molecular complexity index is 629. The fraction of sp³-hybridized carbons (Fsp3) is 0.308. The van der Waals surface area contributed by atoms with Gasteiger partial charge in [-0.3, -0.25) is 4.79 Å². The second kappa shape index (κ2) is 4.17. The average Bonchev–Trinajstić information content (AvgIpc) is 3.00. The van der Waals surface area contributed by atoms with Crippen molar-refractivity contribution in [3.63, 3.8) is 0 Å². The van der Waals surface area contributed by atoms with E-state index in [1.165, 1.54) is 0 Å². The van der Waals surface area contributed by atoms with E-state index in [0.717, 1.165) is 29.9 Å². The SMILES string of the molecule is Cn1cnnc1-c1cccc(NC(=O)C2(N)CC2)c1. The standard InChI is InChI=1S/C13H15N5O/c1-18-8-15-17-11(18)9-3-2-4-10(7-9)16-12(19)13(14)5-6-13/h2-4,7-8H,5-6,14H2,1H3,(H,16,19). The molecule has 1 saturated carbocycles. The van der Waals surface area contributed by atoms with Gasteiger partial charge in [-0.2, -0.15) is 0 Å². The Hall–Kier alpha value is -2.21. The second-order valence-corrected chi connectivity index (χ2v) is 4.96. The number of hydrogen-bond donors (Lipinski definition) is 2. The average molecular weight is 257 g/mol. The van der Waals surface area contributed by atoms with Gasteiger partial charge in [0.1, 0.15) is 6.33 Å². The van der Waals surface area contributed by atoms with Gasteiger partial charge in [0.2, 0.25) is 5.91 Å². The van der Waals surface area contributed by atoms with Crippen LogP contribution in [0.5, 0.6) is 0 Å². The van der Waals surface area contributed by atoms with E-state index in [1.54, 1.807) is 6.33 Å². The molecule has 0 saturated heterocycles. The van der Waals surface area contributed by atoms with Crippen LogP contribution < -0.4 is 11.1 Å². The lowest BCUT2D eigenvalue weighted by atomic mass is 10.1. The van der Waals surface area contributed by atoms with Crippen molar-refractivity contribution < 1.29 is 4.79 Å². The van der Waals surface area contributed by atoms with Gasteiger partial charge < -0.3 is 15.6 Å². The van der Waals surface area contributed by atoms with E-state index in [9.17, 15) is 4.79 Å². The van der Waals surface area contributed by atoms with Crippen LogP contribution in [0.4, 0.5) is 5.69 Å². The number of nitrogens with one attached hydrogen (secondary N) is 1. The molecule has 0 atom stereocenters. The highest BCUT2D eigenvalue weighted by Crippen LogP contribution is 2.33. The molecule has 19 heavy (non-hydrogen) atoms. The molecule has 0 spiro atoms. The zero-order chi connectivity index (χ0) is 13.5. The van der Waals surface area contributed by atoms with Crippen LogP contribution in [0.25, 0.3) is 11.4 Å².